The van der Waals surface area contributed by atoms with Gasteiger partial charge in [-0.05, 0) is 67.3 Å². The van der Waals surface area contributed by atoms with E-state index in [4.69, 9.17) is 11.6 Å². The second kappa shape index (κ2) is 5.18. The standard InChI is InChI=1S/C16H15BrClN/c1-2-19-15-7-5-13(17)9-11(15)3-4-12-10-14(18)6-8-16(12)19/h5-10H,2-4H2,1H3. The summed E-state index contributed by atoms with van der Waals surface area (Å²) in [4.78, 5) is 2.38. The Bertz CT molecular complexity index is 571. The predicted molar refractivity (Wildman–Crippen MR) is 85.7 cm³/mol. The monoisotopic (exact) mass is 335 g/mol. The molecule has 0 atom stereocenters. The number of fused-ring (bicyclic) bond motifs is 2. The molecule has 0 spiro atoms. The van der Waals surface area contributed by atoms with E-state index in [9.17, 15) is 0 Å². The molecule has 3 heteroatoms. The average molecular weight is 337 g/mol. The Morgan fingerprint density at radius 2 is 1.68 bits per heavy atom. The minimum absolute atomic E-state index is 0.821. The Morgan fingerprint density at radius 3 is 2.37 bits per heavy atom. The summed E-state index contributed by atoms with van der Waals surface area (Å²) in [6.07, 6.45) is 2.09. The van der Waals surface area contributed by atoms with Gasteiger partial charge in [0, 0.05) is 27.4 Å². The van der Waals surface area contributed by atoms with Crippen LogP contribution in [-0.2, 0) is 12.8 Å². The molecule has 1 aliphatic heterocycles. The van der Waals surface area contributed by atoms with Crippen LogP contribution in [0.2, 0.25) is 5.02 Å². The van der Waals surface area contributed by atoms with Crippen molar-refractivity contribution >= 4 is 38.9 Å². The van der Waals surface area contributed by atoms with E-state index >= 15 is 0 Å². The van der Waals surface area contributed by atoms with Crippen LogP contribution in [0.1, 0.15) is 18.1 Å². The first kappa shape index (κ1) is 13.0. The maximum Gasteiger partial charge on any atom is 0.0444 e. The molecule has 19 heavy (non-hydrogen) atoms. The van der Waals surface area contributed by atoms with Crippen molar-refractivity contribution in [3.63, 3.8) is 0 Å². The Labute approximate surface area is 127 Å². The van der Waals surface area contributed by atoms with Crippen molar-refractivity contribution in [3.05, 3.63) is 57.0 Å². The molecule has 0 N–H and O–H groups in total. The van der Waals surface area contributed by atoms with Gasteiger partial charge >= 0.3 is 0 Å². The molecule has 0 radical (unpaired) electrons. The van der Waals surface area contributed by atoms with Gasteiger partial charge in [-0.1, -0.05) is 27.5 Å². The first-order valence-electron chi connectivity index (χ1n) is 6.53. The molecule has 0 saturated carbocycles. The van der Waals surface area contributed by atoms with Crippen LogP contribution in [0.3, 0.4) is 0 Å². The summed E-state index contributed by atoms with van der Waals surface area (Å²) in [5, 5.41) is 0.821. The average Bonchev–Trinajstić information content (AvgIpc) is 2.54. The smallest absolute Gasteiger partial charge is 0.0444 e. The van der Waals surface area contributed by atoms with Gasteiger partial charge in [-0.3, -0.25) is 0 Å². The van der Waals surface area contributed by atoms with E-state index in [2.05, 4.69) is 58.1 Å². The van der Waals surface area contributed by atoms with Crippen molar-refractivity contribution in [1.29, 1.82) is 0 Å². The van der Waals surface area contributed by atoms with E-state index in [0.717, 1.165) is 28.9 Å². The maximum absolute atomic E-state index is 6.13. The highest BCUT2D eigenvalue weighted by Gasteiger charge is 2.19. The summed E-state index contributed by atoms with van der Waals surface area (Å²) in [7, 11) is 0. The molecule has 2 aromatic rings. The molecule has 0 bridgehead atoms. The second-order valence-corrected chi connectivity index (χ2v) is 6.14. The molecule has 2 aromatic carbocycles. The van der Waals surface area contributed by atoms with Gasteiger partial charge in [-0.25, -0.2) is 0 Å². The van der Waals surface area contributed by atoms with Gasteiger partial charge in [0.05, 0.1) is 0 Å². The number of halogens is 2. The van der Waals surface area contributed by atoms with Gasteiger partial charge in [-0.2, -0.15) is 0 Å². The van der Waals surface area contributed by atoms with E-state index in [0.29, 0.717) is 0 Å². The van der Waals surface area contributed by atoms with Crippen LogP contribution in [0.4, 0.5) is 11.4 Å². The van der Waals surface area contributed by atoms with E-state index < -0.39 is 0 Å². The predicted octanol–water partition coefficient (Wildman–Crippen LogP) is 5.36. The molecule has 1 heterocycles. The number of rotatable bonds is 1. The lowest BCUT2D eigenvalue weighted by Crippen LogP contribution is -2.17. The Hall–Kier alpha value is -0.990. The summed E-state index contributed by atoms with van der Waals surface area (Å²) in [5.74, 6) is 0. The van der Waals surface area contributed by atoms with Crippen molar-refractivity contribution in [3.8, 4) is 0 Å². The molecule has 3 rings (SSSR count). The van der Waals surface area contributed by atoms with Gasteiger partial charge < -0.3 is 4.90 Å². The van der Waals surface area contributed by atoms with Gasteiger partial charge in [0.1, 0.15) is 0 Å². The molecule has 0 aromatic heterocycles. The molecule has 0 unspecified atom stereocenters. The highest BCUT2D eigenvalue weighted by atomic mass is 79.9. The van der Waals surface area contributed by atoms with Crippen molar-refractivity contribution in [2.24, 2.45) is 0 Å². The van der Waals surface area contributed by atoms with Crippen molar-refractivity contribution < 1.29 is 0 Å². The minimum Gasteiger partial charge on any atom is -0.341 e. The van der Waals surface area contributed by atoms with E-state index in [1.165, 1.54) is 22.5 Å². The lowest BCUT2D eigenvalue weighted by atomic mass is 10.0. The number of anilines is 2. The molecule has 0 amide bonds. The Morgan fingerprint density at radius 1 is 1.05 bits per heavy atom. The number of hydrogen-bond acceptors (Lipinski definition) is 1. The first-order valence-corrected chi connectivity index (χ1v) is 7.70. The van der Waals surface area contributed by atoms with Crippen LogP contribution >= 0.6 is 27.5 Å². The van der Waals surface area contributed by atoms with Crippen LogP contribution in [0, 0.1) is 0 Å². The van der Waals surface area contributed by atoms with Crippen molar-refractivity contribution in [2.45, 2.75) is 19.8 Å². The third-order valence-electron chi connectivity index (χ3n) is 3.64. The zero-order valence-corrected chi connectivity index (χ0v) is 13.1. The number of benzene rings is 2. The number of aryl methyl sites for hydroxylation is 2. The molecular formula is C16H15BrClN. The lowest BCUT2D eigenvalue weighted by Gasteiger charge is -2.25. The third-order valence-corrected chi connectivity index (χ3v) is 4.37. The zero-order valence-electron chi connectivity index (χ0n) is 10.8. The fourth-order valence-electron chi connectivity index (χ4n) is 2.78. The molecule has 0 aliphatic carbocycles. The van der Waals surface area contributed by atoms with Crippen LogP contribution in [0.15, 0.2) is 40.9 Å². The van der Waals surface area contributed by atoms with Gasteiger partial charge in [0.15, 0.2) is 0 Å². The summed E-state index contributed by atoms with van der Waals surface area (Å²) < 4.78 is 1.14. The maximum atomic E-state index is 6.13. The fraction of sp³-hybridized carbons (Fsp3) is 0.250. The molecule has 1 nitrogen and oxygen atoms in total. The van der Waals surface area contributed by atoms with E-state index in [1.807, 2.05) is 6.07 Å². The van der Waals surface area contributed by atoms with Crippen LogP contribution in [0.25, 0.3) is 0 Å². The van der Waals surface area contributed by atoms with E-state index in [-0.39, 0.29) is 0 Å². The largest absolute Gasteiger partial charge is 0.341 e. The summed E-state index contributed by atoms with van der Waals surface area (Å²) >= 11 is 9.70. The molecular weight excluding hydrogens is 322 g/mol. The second-order valence-electron chi connectivity index (χ2n) is 4.79. The van der Waals surface area contributed by atoms with Crippen LogP contribution in [0.5, 0.6) is 0 Å². The number of hydrogen-bond donors (Lipinski definition) is 0. The Balaban J connectivity index is 2.17. The molecule has 0 saturated heterocycles. The topological polar surface area (TPSA) is 3.24 Å². The summed E-state index contributed by atoms with van der Waals surface area (Å²) in [6.45, 7) is 3.15. The fourth-order valence-corrected chi connectivity index (χ4v) is 3.38. The zero-order chi connectivity index (χ0) is 13.4. The normalized spacial score (nSPS) is 13.7. The molecule has 98 valence electrons. The quantitative estimate of drug-likeness (QED) is 0.677. The minimum atomic E-state index is 0.821. The number of nitrogens with zero attached hydrogens (tertiary/aromatic N) is 1. The molecule has 0 fully saturated rings. The first-order chi connectivity index (χ1) is 9.19. The van der Waals surface area contributed by atoms with Gasteiger partial charge in [0.2, 0.25) is 0 Å². The Kier molecular flexibility index (Phi) is 3.55. The van der Waals surface area contributed by atoms with Crippen LogP contribution in [-0.4, -0.2) is 6.54 Å². The highest BCUT2D eigenvalue weighted by Crippen LogP contribution is 2.37. The van der Waals surface area contributed by atoms with Crippen LogP contribution < -0.4 is 4.90 Å². The highest BCUT2D eigenvalue weighted by molar-refractivity contribution is 9.10. The van der Waals surface area contributed by atoms with E-state index in [1.54, 1.807) is 0 Å². The summed E-state index contributed by atoms with van der Waals surface area (Å²) in [6, 6.07) is 12.8. The lowest BCUT2D eigenvalue weighted by molar-refractivity contribution is 0.976. The van der Waals surface area contributed by atoms with Crippen molar-refractivity contribution in [1.82, 2.24) is 0 Å². The van der Waals surface area contributed by atoms with Gasteiger partial charge in [0.25, 0.3) is 0 Å². The molecule has 1 aliphatic rings. The SMILES string of the molecule is CCN1c2ccc(Cl)cc2CCc2cc(Br)ccc21. The summed E-state index contributed by atoms with van der Waals surface area (Å²) in [5.41, 5.74) is 5.32. The third kappa shape index (κ3) is 2.39. The van der Waals surface area contributed by atoms with Gasteiger partial charge in [-0.15, -0.1) is 0 Å². The van der Waals surface area contributed by atoms with Crippen molar-refractivity contribution in [2.75, 3.05) is 11.4 Å².